The lowest BCUT2D eigenvalue weighted by molar-refractivity contribution is -0.151. The number of hydrogen-bond donors (Lipinski definition) is 2. The van der Waals surface area contributed by atoms with Crippen LogP contribution in [0.2, 0.25) is 0 Å². The second kappa shape index (κ2) is 11.3. The van der Waals surface area contributed by atoms with Crippen molar-refractivity contribution in [1.82, 2.24) is 9.80 Å². The topological polar surface area (TPSA) is 101 Å². The molecule has 2 aliphatic heterocycles. The maximum absolute atomic E-state index is 12.8. The molecule has 2 aliphatic rings. The van der Waals surface area contributed by atoms with Crippen LogP contribution in [0.3, 0.4) is 0 Å². The summed E-state index contributed by atoms with van der Waals surface area (Å²) in [5.74, 6) is 0.945. The molecule has 8 nitrogen and oxygen atoms in total. The molecule has 0 aliphatic carbocycles. The van der Waals surface area contributed by atoms with Crippen LogP contribution in [0, 0.1) is 5.41 Å². The van der Waals surface area contributed by atoms with Gasteiger partial charge in [0.1, 0.15) is 17.6 Å². The fraction of sp³-hybridized carbons (Fsp3) is 0.407. The lowest BCUT2D eigenvalue weighted by Gasteiger charge is -2.29. The van der Waals surface area contributed by atoms with Crippen molar-refractivity contribution in [2.45, 2.75) is 38.5 Å². The van der Waals surface area contributed by atoms with Crippen LogP contribution in [0.5, 0.6) is 11.5 Å². The van der Waals surface area contributed by atoms with E-state index in [1.54, 1.807) is 6.92 Å². The summed E-state index contributed by atoms with van der Waals surface area (Å²) in [6, 6.07) is 13.3. The van der Waals surface area contributed by atoms with E-state index in [1.807, 2.05) is 53.4 Å². The number of ether oxygens (including phenoxy) is 3. The minimum Gasteiger partial charge on any atom is -0.489 e. The number of benzene rings is 2. The van der Waals surface area contributed by atoms with Crippen LogP contribution in [0.15, 0.2) is 55.1 Å². The van der Waals surface area contributed by atoms with Crippen molar-refractivity contribution in [1.29, 1.82) is 5.41 Å². The van der Waals surface area contributed by atoms with Gasteiger partial charge in [0.25, 0.3) is 0 Å². The molecule has 0 amide bonds. The summed E-state index contributed by atoms with van der Waals surface area (Å²) in [6.45, 7) is 9.85. The molecule has 1 saturated heterocycles. The average molecular weight is 479 g/mol. The second-order valence-corrected chi connectivity index (χ2v) is 8.88. The van der Waals surface area contributed by atoms with Crippen molar-refractivity contribution in [3.05, 3.63) is 71.8 Å². The zero-order valence-corrected chi connectivity index (χ0v) is 20.2. The van der Waals surface area contributed by atoms with E-state index in [4.69, 9.17) is 25.4 Å². The highest BCUT2D eigenvalue weighted by Gasteiger charge is 2.27. The zero-order chi connectivity index (χ0) is 24.8. The van der Waals surface area contributed by atoms with Crippen LogP contribution in [0.4, 0.5) is 0 Å². The van der Waals surface area contributed by atoms with Gasteiger partial charge in [-0.15, -0.1) is 6.58 Å². The summed E-state index contributed by atoms with van der Waals surface area (Å²) in [6.07, 6.45) is 2.94. The summed E-state index contributed by atoms with van der Waals surface area (Å²) in [4.78, 5) is 16.9. The summed E-state index contributed by atoms with van der Waals surface area (Å²) in [5, 5.41) is 7.72. The van der Waals surface area contributed by atoms with Crippen LogP contribution >= 0.6 is 0 Å². The predicted molar refractivity (Wildman–Crippen MR) is 135 cm³/mol. The van der Waals surface area contributed by atoms with E-state index in [0.717, 1.165) is 50.3 Å². The van der Waals surface area contributed by atoms with Gasteiger partial charge in [-0.25, -0.2) is 4.79 Å². The van der Waals surface area contributed by atoms with Crippen LogP contribution in [0.25, 0.3) is 0 Å². The fourth-order valence-corrected chi connectivity index (χ4v) is 4.57. The maximum atomic E-state index is 12.8. The summed E-state index contributed by atoms with van der Waals surface area (Å²) >= 11 is 0. The minimum absolute atomic E-state index is 0.0553. The fourth-order valence-electron chi connectivity index (χ4n) is 4.57. The Morgan fingerprint density at radius 2 is 1.97 bits per heavy atom. The van der Waals surface area contributed by atoms with Gasteiger partial charge in [0, 0.05) is 38.3 Å². The third-order valence-corrected chi connectivity index (χ3v) is 6.39. The van der Waals surface area contributed by atoms with Crippen molar-refractivity contribution < 1.29 is 19.0 Å². The SMILES string of the molecule is C=CCN1CC[C@H](Oc2ccc(C(Oc3ccc4c(c3)CN(C(=N)N)CC4)C(=O)OCC)cc2)C1. The molecule has 0 saturated carbocycles. The number of rotatable bonds is 9. The van der Waals surface area contributed by atoms with Crippen LogP contribution in [-0.2, 0) is 22.5 Å². The molecule has 35 heavy (non-hydrogen) atoms. The highest BCUT2D eigenvalue weighted by molar-refractivity contribution is 5.77. The number of fused-ring (bicyclic) bond motifs is 1. The minimum atomic E-state index is -0.899. The molecule has 0 aromatic heterocycles. The Hall–Kier alpha value is -3.52. The number of likely N-dealkylation sites (tertiary alicyclic amines) is 1. The number of nitrogens with zero attached hydrogens (tertiary/aromatic N) is 2. The Morgan fingerprint density at radius 3 is 2.69 bits per heavy atom. The molecule has 3 N–H and O–H groups in total. The normalized spacial score (nSPS) is 18.4. The van der Waals surface area contributed by atoms with Crippen molar-refractivity contribution in [2.75, 3.05) is 32.8 Å². The van der Waals surface area contributed by atoms with Gasteiger partial charge in [-0.2, -0.15) is 0 Å². The standard InChI is InChI=1S/C27H34N4O4/c1-3-13-30-14-12-24(18-30)34-22-8-6-20(7-9-22)25(26(32)33-4-2)35-23-10-5-19-11-15-31(27(28)29)17-21(19)16-23/h3,5-10,16,24-25H,1,4,11-15,17-18H2,2H3,(H3,28,29)/t24-,25?/m0/s1. The van der Waals surface area contributed by atoms with Gasteiger partial charge in [0.15, 0.2) is 5.96 Å². The number of carbonyl (C=O) groups is 1. The average Bonchev–Trinajstić information content (AvgIpc) is 3.29. The molecule has 2 heterocycles. The highest BCUT2D eigenvalue weighted by atomic mass is 16.6. The first-order valence-corrected chi connectivity index (χ1v) is 12.1. The van der Waals surface area contributed by atoms with Crippen LogP contribution in [-0.4, -0.2) is 60.6 Å². The van der Waals surface area contributed by atoms with Crippen molar-refractivity contribution in [2.24, 2.45) is 5.73 Å². The molecule has 2 aromatic carbocycles. The maximum Gasteiger partial charge on any atom is 0.352 e. The van der Waals surface area contributed by atoms with E-state index < -0.39 is 12.1 Å². The number of nitrogens with two attached hydrogens (primary N) is 1. The van der Waals surface area contributed by atoms with E-state index in [1.165, 1.54) is 5.56 Å². The first kappa shape index (κ1) is 24.6. The van der Waals surface area contributed by atoms with E-state index in [0.29, 0.717) is 17.9 Å². The molecule has 4 rings (SSSR count). The van der Waals surface area contributed by atoms with Gasteiger partial charge in [0.2, 0.25) is 6.10 Å². The molecule has 2 aromatic rings. The third-order valence-electron chi connectivity index (χ3n) is 6.39. The summed E-state index contributed by atoms with van der Waals surface area (Å²) in [7, 11) is 0. The number of carbonyl (C=O) groups excluding carboxylic acids is 1. The Labute approximate surface area is 206 Å². The van der Waals surface area contributed by atoms with Crippen molar-refractivity contribution >= 4 is 11.9 Å². The Kier molecular flexibility index (Phi) is 7.92. The van der Waals surface area contributed by atoms with Gasteiger partial charge in [0.05, 0.1) is 6.61 Å². The molecule has 0 bridgehead atoms. The monoisotopic (exact) mass is 478 g/mol. The molecular formula is C27H34N4O4. The molecule has 2 atom stereocenters. The highest BCUT2D eigenvalue weighted by Crippen LogP contribution is 2.29. The molecule has 0 spiro atoms. The molecule has 1 unspecified atom stereocenters. The van der Waals surface area contributed by atoms with E-state index in [-0.39, 0.29) is 18.7 Å². The van der Waals surface area contributed by atoms with Crippen LogP contribution < -0.4 is 15.2 Å². The Morgan fingerprint density at radius 1 is 1.20 bits per heavy atom. The lowest BCUT2D eigenvalue weighted by atomic mass is 9.99. The number of esters is 1. The largest absolute Gasteiger partial charge is 0.489 e. The lowest BCUT2D eigenvalue weighted by Crippen LogP contribution is -2.40. The van der Waals surface area contributed by atoms with Gasteiger partial charge in [-0.05, 0) is 55.2 Å². The second-order valence-electron chi connectivity index (χ2n) is 8.88. The van der Waals surface area contributed by atoms with Crippen molar-refractivity contribution in [3.8, 4) is 11.5 Å². The summed E-state index contributed by atoms with van der Waals surface area (Å²) in [5.41, 5.74) is 8.61. The van der Waals surface area contributed by atoms with Crippen molar-refractivity contribution in [3.63, 3.8) is 0 Å². The zero-order valence-electron chi connectivity index (χ0n) is 20.2. The molecular weight excluding hydrogens is 444 g/mol. The smallest absolute Gasteiger partial charge is 0.352 e. The van der Waals surface area contributed by atoms with Gasteiger partial charge >= 0.3 is 5.97 Å². The predicted octanol–water partition coefficient (Wildman–Crippen LogP) is 3.26. The molecule has 1 fully saturated rings. The number of nitrogens with one attached hydrogen (secondary N) is 1. The van der Waals surface area contributed by atoms with E-state index >= 15 is 0 Å². The third kappa shape index (κ3) is 6.14. The number of hydrogen-bond acceptors (Lipinski definition) is 6. The molecule has 8 heteroatoms. The van der Waals surface area contributed by atoms with Crippen LogP contribution in [0.1, 0.15) is 36.1 Å². The van der Waals surface area contributed by atoms with Gasteiger partial charge in [-0.1, -0.05) is 24.3 Å². The first-order valence-electron chi connectivity index (χ1n) is 12.1. The van der Waals surface area contributed by atoms with E-state index in [9.17, 15) is 4.79 Å². The van der Waals surface area contributed by atoms with Gasteiger partial charge in [-0.3, -0.25) is 10.3 Å². The first-order chi connectivity index (χ1) is 17.0. The Bertz CT molecular complexity index is 1060. The number of guanidine groups is 1. The molecule has 0 radical (unpaired) electrons. The quantitative estimate of drug-likeness (QED) is 0.247. The van der Waals surface area contributed by atoms with E-state index in [2.05, 4.69) is 11.5 Å². The van der Waals surface area contributed by atoms with Gasteiger partial charge < -0.3 is 24.8 Å². The molecule has 186 valence electrons. The Balaban J connectivity index is 1.47. The summed E-state index contributed by atoms with van der Waals surface area (Å²) < 4.78 is 17.6.